The van der Waals surface area contributed by atoms with Gasteiger partial charge in [0.15, 0.2) is 5.58 Å². The average Bonchev–Trinajstić information content (AvgIpc) is 2.46. The van der Waals surface area contributed by atoms with Crippen LogP contribution in [0, 0.1) is 6.92 Å². The second kappa shape index (κ2) is 2.79. The minimum atomic E-state index is -4.16. The fourth-order valence-electron chi connectivity index (χ4n) is 1.20. The summed E-state index contributed by atoms with van der Waals surface area (Å²) in [5.41, 5.74) is 1.08. The number of benzene rings is 1. The van der Waals surface area contributed by atoms with Crippen molar-refractivity contribution in [2.75, 3.05) is 0 Å². The van der Waals surface area contributed by atoms with Crippen molar-refractivity contribution in [1.82, 2.24) is 5.16 Å². The van der Waals surface area contributed by atoms with Gasteiger partial charge < -0.3 is 4.52 Å². The minimum absolute atomic E-state index is 0.156. The number of hydrogen-bond donors (Lipinski definition) is 1. The molecule has 1 heterocycles. The Morgan fingerprint density at radius 1 is 1.43 bits per heavy atom. The normalized spacial score (nSPS) is 12.1. The summed E-state index contributed by atoms with van der Waals surface area (Å²) in [6.45, 7) is 1.69. The first-order valence-corrected chi connectivity index (χ1v) is 5.26. The molecule has 74 valence electrons. The van der Waals surface area contributed by atoms with E-state index in [4.69, 9.17) is 9.08 Å². The first kappa shape index (κ1) is 9.17. The number of fused-ring (bicyclic) bond motifs is 1. The van der Waals surface area contributed by atoms with Gasteiger partial charge in [-0.15, -0.1) is 0 Å². The summed E-state index contributed by atoms with van der Waals surface area (Å²) in [6, 6.07) is 4.05. The van der Waals surface area contributed by atoms with Crippen LogP contribution < -0.4 is 0 Å². The molecule has 0 fully saturated rings. The summed E-state index contributed by atoms with van der Waals surface area (Å²) in [7, 11) is -4.16. The van der Waals surface area contributed by atoms with Crippen LogP contribution in [0.5, 0.6) is 0 Å². The zero-order valence-electron chi connectivity index (χ0n) is 7.26. The third kappa shape index (κ3) is 1.38. The van der Waals surface area contributed by atoms with Gasteiger partial charge in [-0.1, -0.05) is 5.16 Å². The van der Waals surface area contributed by atoms with Crippen LogP contribution >= 0.6 is 0 Å². The molecule has 14 heavy (non-hydrogen) atoms. The summed E-state index contributed by atoms with van der Waals surface area (Å²) >= 11 is 0. The first-order valence-electron chi connectivity index (χ1n) is 3.82. The summed E-state index contributed by atoms with van der Waals surface area (Å²) in [6.07, 6.45) is 0. The fraction of sp³-hybridized carbons (Fsp3) is 0.125. The molecule has 1 aromatic heterocycles. The van der Waals surface area contributed by atoms with Gasteiger partial charge >= 0.3 is 0 Å². The molecule has 0 radical (unpaired) electrons. The van der Waals surface area contributed by atoms with Crippen LogP contribution in [0.2, 0.25) is 0 Å². The predicted molar refractivity (Wildman–Crippen MR) is 48.6 cm³/mol. The molecule has 0 atom stereocenters. The lowest BCUT2D eigenvalue weighted by atomic mass is 10.2. The second-order valence-corrected chi connectivity index (χ2v) is 4.32. The van der Waals surface area contributed by atoms with Gasteiger partial charge in [0.05, 0.1) is 10.6 Å². The molecule has 1 aromatic carbocycles. The Bertz CT molecular complexity index is 584. The van der Waals surface area contributed by atoms with Gasteiger partial charge in [-0.25, -0.2) is 0 Å². The summed E-state index contributed by atoms with van der Waals surface area (Å²) in [5, 5.41) is 4.25. The lowest BCUT2D eigenvalue weighted by molar-refractivity contribution is 0.450. The van der Waals surface area contributed by atoms with Crippen molar-refractivity contribution >= 4 is 21.1 Å². The Hall–Kier alpha value is -1.40. The third-order valence-corrected chi connectivity index (χ3v) is 2.77. The molecular weight excluding hydrogens is 206 g/mol. The zero-order chi connectivity index (χ0) is 10.3. The van der Waals surface area contributed by atoms with Crippen molar-refractivity contribution in [2.24, 2.45) is 0 Å². The van der Waals surface area contributed by atoms with Crippen molar-refractivity contribution in [3.8, 4) is 0 Å². The number of aryl methyl sites for hydroxylation is 1. The van der Waals surface area contributed by atoms with Gasteiger partial charge in [0.2, 0.25) is 0 Å². The van der Waals surface area contributed by atoms with E-state index >= 15 is 0 Å². The molecule has 6 heteroatoms. The van der Waals surface area contributed by atoms with Crippen LogP contribution in [-0.4, -0.2) is 18.1 Å². The number of rotatable bonds is 1. The molecule has 0 aliphatic rings. The fourth-order valence-corrected chi connectivity index (χ4v) is 1.71. The van der Waals surface area contributed by atoms with Gasteiger partial charge in [-0.2, -0.15) is 8.42 Å². The van der Waals surface area contributed by atoms with E-state index < -0.39 is 10.1 Å². The maximum atomic E-state index is 10.8. The van der Waals surface area contributed by atoms with E-state index in [0.717, 1.165) is 0 Å². The van der Waals surface area contributed by atoms with E-state index in [-0.39, 0.29) is 4.90 Å². The second-order valence-electron chi connectivity index (χ2n) is 2.90. The Kier molecular flexibility index (Phi) is 1.83. The summed E-state index contributed by atoms with van der Waals surface area (Å²) in [5.74, 6) is 0. The quantitative estimate of drug-likeness (QED) is 0.724. The smallest absolute Gasteiger partial charge is 0.294 e. The SMILES string of the molecule is Cc1noc2ccc(S(=O)(=O)O)cc12. The molecule has 0 spiro atoms. The van der Waals surface area contributed by atoms with Crippen molar-refractivity contribution in [1.29, 1.82) is 0 Å². The van der Waals surface area contributed by atoms with Gasteiger partial charge in [0.1, 0.15) is 0 Å². The highest BCUT2D eigenvalue weighted by Gasteiger charge is 2.12. The first-order chi connectivity index (χ1) is 6.48. The number of aromatic nitrogens is 1. The summed E-state index contributed by atoms with van der Waals surface area (Å²) < 4.78 is 35.3. The Morgan fingerprint density at radius 3 is 2.79 bits per heavy atom. The highest BCUT2D eigenvalue weighted by molar-refractivity contribution is 7.85. The van der Waals surface area contributed by atoms with Crippen LogP contribution in [0.1, 0.15) is 5.69 Å². The van der Waals surface area contributed by atoms with Crippen molar-refractivity contribution in [3.05, 3.63) is 23.9 Å². The maximum absolute atomic E-state index is 10.8. The standard InChI is InChI=1S/C8H7NO4S/c1-5-7-4-6(14(10,11)12)2-3-8(7)13-9-5/h2-4H,1H3,(H,10,11,12). The van der Waals surface area contributed by atoms with Gasteiger partial charge in [0.25, 0.3) is 10.1 Å². The molecule has 2 rings (SSSR count). The van der Waals surface area contributed by atoms with Gasteiger partial charge in [0, 0.05) is 5.39 Å². The van der Waals surface area contributed by atoms with E-state index in [1.807, 2.05) is 0 Å². The lowest BCUT2D eigenvalue weighted by Gasteiger charge is -1.95. The lowest BCUT2D eigenvalue weighted by Crippen LogP contribution is -1.97. The molecule has 0 saturated heterocycles. The largest absolute Gasteiger partial charge is 0.356 e. The topological polar surface area (TPSA) is 80.4 Å². The molecule has 0 bridgehead atoms. The molecule has 0 aliphatic carbocycles. The van der Waals surface area contributed by atoms with Crippen molar-refractivity contribution in [2.45, 2.75) is 11.8 Å². The molecular formula is C8H7NO4S. The molecule has 0 aliphatic heterocycles. The average molecular weight is 213 g/mol. The molecule has 2 aromatic rings. The number of hydrogen-bond acceptors (Lipinski definition) is 4. The minimum Gasteiger partial charge on any atom is -0.356 e. The van der Waals surface area contributed by atoms with Crippen LogP contribution in [-0.2, 0) is 10.1 Å². The number of nitrogens with zero attached hydrogens (tertiary/aromatic N) is 1. The van der Waals surface area contributed by atoms with E-state index in [1.165, 1.54) is 18.2 Å². The monoisotopic (exact) mass is 213 g/mol. The predicted octanol–water partition coefficient (Wildman–Crippen LogP) is 1.38. The molecule has 0 amide bonds. The molecule has 0 unspecified atom stereocenters. The Morgan fingerprint density at radius 2 is 2.14 bits per heavy atom. The van der Waals surface area contributed by atoms with Crippen LogP contribution in [0.25, 0.3) is 11.0 Å². The van der Waals surface area contributed by atoms with E-state index in [9.17, 15) is 8.42 Å². The third-order valence-electron chi connectivity index (χ3n) is 1.92. The Labute approximate surface area is 80.1 Å². The van der Waals surface area contributed by atoms with Gasteiger partial charge in [-0.05, 0) is 25.1 Å². The highest BCUT2D eigenvalue weighted by atomic mass is 32.2. The maximum Gasteiger partial charge on any atom is 0.294 e. The molecule has 1 N–H and O–H groups in total. The van der Waals surface area contributed by atoms with Gasteiger partial charge in [-0.3, -0.25) is 4.55 Å². The van der Waals surface area contributed by atoms with Crippen molar-refractivity contribution in [3.63, 3.8) is 0 Å². The van der Waals surface area contributed by atoms with Crippen LogP contribution in [0.3, 0.4) is 0 Å². The van der Waals surface area contributed by atoms with Crippen LogP contribution in [0.4, 0.5) is 0 Å². The highest BCUT2D eigenvalue weighted by Crippen LogP contribution is 2.21. The summed E-state index contributed by atoms with van der Waals surface area (Å²) in [4.78, 5) is -0.156. The van der Waals surface area contributed by atoms with E-state index in [0.29, 0.717) is 16.7 Å². The van der Waals surface area contributed by atoms with E-state index in [1.54, 1.807) is 6.92 Å². The van der Waals surface area contributed by atoms with Crippen molar-refractivity contribution < 1.29 is 17.5 Å². The zero-order valence-corrected chi connectivity index (χ0v) is 8.08. The van der Waals surface area contributed by atoms with E-state index in [2.05, 4.69) is 5.16 Å². The Balaban J connectivity index is 2.79. The molecule has 5 nitrogen and oxygen atoms in total. The van der Waals surface area contributed by atoms with Crippen LogP contribution in [0.15, 0.2) is 27.6 Å². The molecule has 0 saturated carbocycles.